The van der Waals surface area contributed by atoms with Crippen LogP contribution in [0, 0.1) is 0 Å². The van der Waals surface area contributed by atoms with Crippen molar-refractivity contribution in [3.63, 3.8) is 0 Å². The summed E-state index contributed by atoms with van der Waals surface area (Å²) in [6.45, 7) is 21.0. The normalized spacial score (nSPS) is 10.3. The number of carboxylic acid groups (broad SMARTS) is 2. The Balaban J connectivity index is 0. The number of carbonyl (C=O) groups is 6. The fourth-order valence-electron chi connectivity index (χ4n) is 3.28. The van der Waals surface area contributed by atoms with Gasteiger partial charge in [0.05, 0.1) is 50.2 Å². The van der Waals surface area contributed by atoms with Gasteiger partial charge in [0.25, 0.3) is 0 Å². The molecule has 0 atom stereocenters. The molecular weight excluding hydrogens is 844 g/mol. The molecule has 0 aliphatic carbocycles. The maximum Gasteiger partial charge on any atom is 0.502 e. The van der Waals surface area contributed by atoms with E-state index in [4.69, 9.17) is 29.2 Å². The number of esters is 3. The molecular formula is C41H51F6NO14. The zero-order chi connectivity index (χ0) is 48.2. The van der Waals surface area contributed by atoms with Crippen LogP contribution in [0.25, 0.3) is 0 Å². The summed E-state index contributed by atoms with van der Waals surface area (Å²) in [7, 11) is 0. The van der Waals surface area contributed by atoms with Crippen LogP contribution >= 0.6 is 0 Å². The van der Waals surface area contributed by atoms with E-state index < -0.39 is 47.4 Å². The molecule has 2 aromatic rings. The number of carbonyl (C=O) groups excluding carboxylic acids is 4. The molecule has 0 unspecified atom stereocenters. The lowest BCUT2D eigenvalue weighted by atomic mass is 10.2. The van der Waals surface area contributed by atoms with Crippen molar-refractivity contribution < 1.29 is 93.8 Å². The first-order valence-electron chi connectivity index (χ1n) is 18.2. The van der Waals surface area contributed by atoms with Crippen molar-refractivity contribution in [2.45, 2.75) is 79.1 Å². The van der Waals surface area contributed by atoms with Crippen molar-refractivity contribution in [1.29, 1.82) is 0 Å². The molecule has 2 aromatic carbocycles. The molecule has 15 nitrogen and oxygen atoms in total. The van der Waals surface area contributed by atoms with Crippen molar-refractivity contribution in [2.24, 2.45) is 0 Å². The Morgan fingerprint density at radius 1 is 0.613 bits per heavy atom. The summed E-state index contributed by atoms with van der Waals surface area (Å²) in [5.74, 6) is -1.84. The van der Waals surface area contributed by atoms with Gasteiger partial charge < -0.3 is 38.6 Å². The van der Waals surface area contributed by atoms with E-state index in [0.29, 0.717) is 67.5 Å². The van der Waals surface area contributed by atoms with Crippen LogP contribution in [0.2, 0.25) is 0 Å². The highest BCUT2D eigenvalue weighted by Gasteiger charge is 2.62. The molecule has 0 bridgehead atoms. The van der Waals surface area contributed by atoms with Crippen molar-refractivity contribution in [3.8, 4) is 11.5 Å². The van der Waals surface area contributed by atoms with Gasteiger partial charge in [-0.3, -0.25) is 0 Å². The second kappa shape index (κ2) is 29.6. The number of ether oxygens (including phenoxy) is 6. The minimum Gasteiger partial charge on any atom is -0.494 e. The topological polar surface area (TPSA) is 202 Å². The molecule has 2 rings (SSSR count). The third-order valence-electron chi connectivity index (χ3n) is 6.53. The minimum atomic E-state index is -6.07. The molecule has 0 aliphatic rings. The van der Waals surface area contributed by atoms with Crippen LogP contribution in [0.15, 0.2) is 85.0 Å². The van der Waals surface area contributed by atoms with E-state index in [-0.39, 0.29) is 29.7 Å². The van der Waals surface area contributed by atoms with Crippen LogP contribution < -0.4 is 9.47 Å². The monoisotopic (exact) mass is 895 g/mol. The third kappa shape index (κ3) is 25.8. The predicted molar refractivity (Wildman–Crippen MR) is 210 cm³/mol. The summed E-state index contributed by atoms with van der Waals surface area (Å²) in [6, 6.07) is 11.1. The molecule has 62 heavy (non-hydrogen) atoms. The Morgan fingerprint density at radius 3 is 1.26 bits per heavy atom. The molecule has 0 aliphatic heterocycles. The summed E-state index contributed by atoms with van der Waals surface area (Å²) in [5.41, 5.74) is 1.64. The Labute approximate surface area is 354 Å². The van der Waals surface area contributed by atoms with Gasteiger partial charge in [-0.25, -0.2) is 28.8 Å². The average Bonchev–Trinajstić information content (AvgIpc) is 3.19. The van der Waals surface area contributed by atoms with Crippen LogP contribution in [0.5, 0.6) is 11.5 Å². The Kier molecular flexibility index (Phi) is 27.5. The van der Waals surface area contributed by atoms with E-state index in [1.54, 1.807) is 52.0 Å². The highest BCUT2D eigenvalue weighted by Crippen LogP contribution is 2.36. The Hall–Kier alpha value is -6.54. The highest BCUT2D eigenvalue weighted by molar-refractivity contribution is 5.89. The van der Waals surface area contributed by atoms with Crippen molar-refractivity contribution in [2.75, 3.05) is 33.0 Å². The lowest BCUT2D eigenvalue weighted by Crippen LogP contribution is -2.44. The number of aromatic carboxylic acids is 2. The first-order chi connectivity index (χ1) is 28.7. The highest BCUT2D eigenvalue weighted by atomic mass is 19.4. The summed E-state index contributed by atoms with van der Waals surface area (Å²) in [6.07, 6.45) is -12.2. The van der Waals surface area contributed by atoms with Gasteiger partial charge >= 0.3 is 48.2 Å². The minimum absolute atomic E-state index is 0.211. The second-order valence-electron chi connectivity index (χ2n) is 12.5. The zero-order valence-electron chi connectivity index (χ0n) is 35.0. The van der Waals surface area contributed by atoms with Crippen LogP contribution in [0.1, 0.15) is 81.5 Å². The number of nitrogens with zero attached hydrogens (tertiary/aromatic N) is 1. The average molecular weight is 896 g/mol. The second-order valence-corrected chi connectivity index (χ2v) is 12.5. The van der Waals surface area contributed by atoms with Gasteiger partial charge in [-0.1, -0.05) is 24.2 Å². The van der Waals surface area contributed by atoms with E-state index in [1.807, 2.05) is 0 Å². The van der Waals surface area contributed by atoms with Gasteiger partial charge in [-0.15, -0.1) is 5.12 Å². The summed E-state index contributed by atoms with van der Waals surface area (Å²) in [5, 5.41) is 16.6. The molecule has 0 heterocycles. The first kappa shape index (κ1) is 57.6. The van der Waals surface area contributed by atoms with Crippen LogP contribution in [0.3, 0.4) is 0 Å². The molecule has 0 aromatic heterocycles. The number of unbranched alkanes of at least 4 members (excludes halogenated alkanes) is 1. The third-order valence-corrected chi connectivity index (χ3v) is 6.53. The number of alkyl halides is 5. The molecule has 0 spiro atoms. The zero-order valence-corrected chi connectivity index (χ0v) is 35.0. The quantitative estimate of drug-likeness (QED) is 0.0338. The molecule has 0 saturated carbocycles. The number of amides is 1. The number of hydrogen-bond acceptors (Lipinski definition) is 12. The fourth-order valence-corrected chi connectivity index (χ4v) is 3.28. The van der Waals surface area contributed by atoms with Crippen molar-refractivity contribution in [3.05, 3.63) is 96.1 Å². The summed E-state index contributed by atoms with van der Waals surface area (Å²) >= 11 is 0. The Bertz CT molecular complexity index is 1780. The Morgan fingerprint density at radius 2 is 0.952 bits per heavy atom. The van der Waals surface area contributed by atoms with Crippen LogP contribution in [-0.2, 0) is 33.3 Å². The molecule has 0 radical (unpaired) electrons. The van der Waals surface area contributed by atoms with E-state index >= 15 is 0 Å². The van der Waals surface area contributed by atoms with E-state index in [0.717, 1.165) is 20.3 Å². The SMILES string of the molecule is C=C(C)C(=O)OCC.C=C(C)C(=O)OCCCCOc1ccc(C(=O)O)cc1.C=C(C)C(=O)OCCCOc1ccc(C(=O)O)cc1.CC(C)N(F)C(=O)OC(F)(F)C(F)(F)F. The molecule has 1 amide bonds. The fraction of sp³-hybridized carbons (Fsp3) is 0.415. The molecule has 0 fully saturated rings. The van der Waals surface area contributed by atoms with E-state index in [2.05, 4.69) is 29.2 Å². The van der Waals surface area contributed by atoms with Gasteiger partial charge in [0.15, 0.2) is 0 Å². The van der Waals surface area contributed by atoms with Gasteiger partial charge in [-0.2, -0.15) is 22.0 Å². The number of rotatable bonds is 19. The van der Waals surface area contributed by atoms with Gasteiger partial charge in [-0.05, 0) is 103 Å². The van der Waals surface area contributed by atoms with Gasteiger partial charge in [0, 0.05) is 23.1 Å². The predicted octanol–water partition coefficient (Wildman–Crippen LogP) is 8.93. The first-order valence-corrected chi connectivity index (χ1v) is 18.2. The summed E-state index contributed by atoms with van der Waals surface area (Å²) in [4.78, 5) is 64.3. The maximum atomic E-state index is 12.5. The molecule has 346 valence electrons. The molecule has 0 saturated heterocycles. The van der Waals surface area contributed by atoms with Crippen molar-refractivity contribution in [1.82, 2.24) is 5.12 Å². The number of halogens is 6. The smallest absolute Gasteiger partial charge is 0.494 e. The van der Waals surface area contributed by atoms with Crippen LogP contribution in [0.4, 0.5) is 31.2 Å². The number of benzene rings is 2. The number of carboxylic acids is 2. The lowest BCUT2D eigenvalue weighted by molar-refractivity contribution is -0.374. The number of hydrogen-bond donors (Lipinski definition) is 2. The van der Waals surface area contributed by atoms with Crippen molar-refractivity contribution >= 4 is 35.9 Å². The maximum absolute atomic E-state index is 12.5. The van der Waals surface area contributed by atoms with E-state index in [1.165, 1.54) is 24.3 Å². The van der Waals surface area contributed by atoms with Crippen LogP contribution in [-0.4, -0.2) is 103 Å². The standard InChI is InChI=1S/C15H18O5.C14H16O5.C6H7F6NO2.C6H10O2/c1-11(2)15(18)20-10-4-3-9-19-13-7-5-12(6-8-13)14(16)17;1-10(2)14(17)19-9-3-8-18-12-6-4-11(5-7-12)13(15)16;1-3(2)13(12)4(14)15-6(10,11)5(7,8)9;1-4-8-6(7)5(2)3/h5-8H,1,3-4,9-10H2,2H3,(H,16,17);4-7H,1,3,8-9H2,2H3,(H,15,16);3H,1-2H3;2,4H2,1,3H3. The van der Waals surface area contributed by atoms with Gasteiger partial charge in [0.2, 0.25) is 0 Å². The van der Waals surface area contributed by atoms with Gasteiger partial charge in [0.1, 0.15) is 11.5 Å². The lowest BCUT2D eigenvalue weighted by Gasteiger charge is -2.22. The largest absolute Gasteiger partial charge is 0.502 e. The molecule has 2 N–H and O–H groups in total. The summed E-state index contributed by atoms with van der Waals surface area (Å²) < 4.78 is 99.0. The van der Waals surface area contributed by atoms with E-state index in [9.17, 15) is 55.2 Å². The molecule has 21 heteroatoms.